The number of pyridine rings is 1. The maximum absolute atomic E-state index is 5.87. The Morgan fingerprint density at radius 3 is 2.76 bits per heavy atom. The van der Waals surface area contributed by atoms with Crippen molar-refractivity contribution in [3.63, 3.8) is 0 Å². The van der Waals surface area contributed by atoms with E-state index >= 15 is 0 Å². The number of hydrogen-bond acceptors (Lipinski definition) is 2. The summed E-state index contributed by atoms with van der Waals surface area (Å²) in [6.45, 7) is 0. The minimum absolute atomic E-state index is 0.453. The molecule has 2 aromatic rings. The van der Waals surface area contributed by atoms with Crippen LogP contribution in [-0.2, 0) is 5.88 Å². The molecule has 0 saturated heterocycles. The van der Waals surface area contributed by atoms with Crippen molar-refractivity contribution < 1.29 is 0 Å². The maximum atomic E-state index is 5.87. The molecule has 0 spiro atoms. The minimum Gasteiger partial charge on any atom is -0.339 e. The lowest BCUT2D eigenvalue weighted by Gasteiger charge is -2.10. The van der Waals surface area contributed by atoms with Gasteiger partial charge in [0.1, 0.15) is 5.82 Å². The number of aromatic nitrogens is 1. The Balaban J connectivity index is 2.31. The normalized spacial score (nSPS) is 10.3. The Bertz CT molecular complexity index is 532. The second-order valence-electron chi connectivity index (χ2n) is 3.40. The van der Waals surface area contributed by atoms with Gasteiger partial charge < -0.3 is 5.32 Å². The topological polar surface area (TPSA) is 24.9 Å². The predicted octanol–water partition coefficient (Wildman–Crippen LogP) is 4.98. The van der Waals surface area contributed by atoms with Gasteiger partial charge in [-0.1, -0.05) is 29.8 Å². The third kappa shape index (κ3) is 3.12. The highest BCUT2D eigenvalue weighted by Gasteiger charge is 2.05. The molecule has 1 aromatic heterocycles. The van der Waals surface area contributed by atoms with E-state index in [0.29, 0.717) is 16.7 Å². The number of anilines is 2. The molecule has 1 heterocycles. The van der Waals surface area contributed by atoms with Gasteiger partial charge in [-0.25, -0.2) is 4.98 Å². The number of alkyl halides is 1. The molecule has 88 valence electrons. The average Bonchev–Trinajstić information content (AvgIpc) is 2.33. The third-order valence-electron chi connectivity index (χ3n) is 2.22. The quantitative estimate of drug-likeness (QED) is 0.802. The van der Waals surface area contributed by atoms with Crippen LogP contribution in [0.25, 0.3) is 0 Å². The Morgan fingerprint density at radius 1 is 1.29 bits per heavy atom. The van der Waals surface area contributed by atoms with Gasteiger partial charge in [-0.2, -0.15) is 0 Å². The first-order valence-corrected chi connectivity index (χ1v) is 6.63. The summed E-state index contributed by atoms with van der Waals surface area (Å²) in [6.07, 6.45) is 1.60. The van der Waals surface area contributed by atoms with Gasteiger partial charge in [-0.15, -0.1) is 11.6 Å². The average molecular weight is 332 g/mol. The summed E-state index contributed by atoms with van der Waals surface area (Å²) in [5, 5.41) is 3.81. The van der Waals surface area contributed by atoms with Gasteiger partial charge in [-0.3, -0.25) is 0 Å². The first-order valence-electron chi connectivity index (χ1n) is 4.92. The van der Waals surface area contributed by atoms with Gasteiger partial charge in [0.05, 0.1) is 9.50 Å². The number of hydrogen-bond donors (Lipinski definition) is 1. The van der Waals surface area contributed by atoms with Crippen molar-refractivity contribution in [3.05, 3.63) is 51.6 Å². The second-order valence-corrected chi connectivity index (χ2v) is 4.96. The lowest BCUT2D eigenvalue weighted by Crippen LogP contribution is -1.97. The van der Waals surface area contributed by atoms with E-state index in [-0.39, 0.29) is 0 Å². The van der Waals surface area contributed by atoms with Crippen LogP contribution in [0.15, 0.2) is 41.0 Å². The number of benzene rings is 1. The Morgan fingerprint density at radius 2 is 2.06 bits per heavy atom. The molecule has 0 bridgehead atoms. The Kier molecular flexibility index (Phi) is 4.26. The molecular formula is C12H9BrCl2N2. The summed E-state index contributed by atoms with van der Waals surface area (Å²) >= 11 is 15.1. The first-order chi connectivity index (χ1) is 8.20. The molecule has 0 aliphatic carbocycles. The molecule has 0 unspecified atom stereocenters. The molecule has 17 heavy (non-hydrogen) atoms. The van der Waals surface area contributed by atoms with Crippen LogP contribution < -0.4 is 5.32 Å². The summed E-state index contributed by atoms with van der Waals surface area (Å²) in [7, 11) is 0. The third-order valence-corrected chi connectivity index (χ3v) is 3.32. The fourth-order valence-corrected chi connectivity index (χ4v) is 2.36. The number of para-hydroxylation sites is 1. The number of halogens is 3. The van der Waals surface area contributed by atoms with E-state index in [0.717, 1.165) is 15.7 Å². The lowest BCUT2D eigenvalue weighted by atomic mass is 10.2. The smallest absolute Gasteiger partial charge is 0.144 e. The largest absolute Gasteiger partial charge is 0.339 e. The molecule has 0 radical (unpaired) electrons. The fourth-order valence-electron chi connectivity index (χ4n) is 1.39. The lowest BCUT2D eigenvalue weighted by molar-refractivity contribution is 1.27. The van der Waals surface area contributed by atoms with E-state index < -0.39 is 0 Å². The van der Waals surface area contributed by atoms with Crippen molar-refractivity contribution in [1.29, 1.82) is 0 Å². The van der Waals surface area contributed by atoms with Crippen LogP contribution in [0, 0.1) is 0 Å². The van der Waals surface area contributed by atoms with Crippen LogP contribution in [0.3, 0.4) is 0 Å². The van der Waals surface area contributed by atoms with Crippen LogP contribution in [0.5, 0.6) is 0 Å². The minimum atomic E-state index is 0.453. The predicted molar refractivity (Wildman–Crippen MR) is 76.2 cm³/mol. The zero-order valence-corrected chi connectivity index (χ0v) is 11.9. The van der Waals surface area contributed by atoms with E-state index in [4.69, 9.17) is 23.2 Å². The molecule has 1 aromatic carbocycles. The highest BCUT2D eigenvalue weighted by molar-refractivity contribution is 9.10. The highest BCUT2D eigenvalue weighted by atomic mass is 79.9. The first kappa shape index (κ1) is 12.7. The monoisotopic (exact) mass is 330 g/mol. The molecule has 0 saturated carbocycles. The van der Waals surface area contributed by atoms with Crippen molar-refractivity contribution in [1.82, 2.24) is 4.98 Å². The van der Waals surface area contributed by atoms with Gasteiger partial charge in [-0.05, 0) is 33.6 Å². The van der Waals surface area contributed by atoms with Crippen LogP contribution >= 0.6 is 39.1 Å². The van der Waals surface area contributed by atoms with Crippen molar-refractivity contribution in [2.75, 3.05) is 5.32 Å². The molecule has 0 aliphatic rings. The summed E-state index contributed by atoms with van der Waals surface area (Å²) < 4.78 is 0.814. The van der Waals surface area contributed by atoms with E-state index in [9.17, 15) is 0 Å². The molecule has 5 heteroatoms. The van der Waals surface area contributed by atoms with E-state index in [1.807, 2.05) is 24.3 Å². The zero-order valence-electron chi connectivity index (χ0n) is 8.75. The van der Waals surface area contributed by atoms with Crippen molar-refractivity contribution in [2.24, 2.45) is 0 Å². The summed E-state index contributed by atoms with van der Waals surface area (Å²) in [5.41, 5.74) is 1.97. The van der Waals surface area contributed by atoms with Gasteiger partial charge >= 0.3 is 0 Å². The van der Waals surface area contributed by atoms with Crippen molar-refractivity contribution in [2.45, 2.75) is 5.88 Å². The zero-order chi connectivity index (χ0) is 12.3. The highest BCUT2D eigenvalue weighted by Crippen LogP contribution is 2.28. The summed E-state index contributed by atoms with van der Waals surface area (Å²) in [5.74, 6) is 1.17. The Labute approximate surface area is 118 Å². The van der Waals surface area contributed by atoms with Gasteiger partial charge in [0.15, 0.2) is 0 Å². The van der Waals surface area contributed by atoms with Crippen LogP contribution in [-0.4, -0.2) is 4.98 Å². The van der Waals surface area contributed by atoms with E-state index in [1.54, 1.807) is 12.3 Å². The molecule has 0 atom stereocenters. The van der Waals surface area contributed by atoms with Gasteiger partial charge in [0, 0.05) is 17.8 Å². The SMILES string of the molecule is ClCc1ccccc1Nc1ncc(Cl)cc1Br. The van der Waals surface area contributed by atoms with Crippen LogP contribution in [0.4, 0.5) is 11.5 Å². The number of nitrogens with zero attached hydrogens (tertiary/aromatic N) is 1. The van der Waals surface area contributed by atoms with Gasteiger partial charge in [0.25, 0.3) is 0 Å². The van der Waals surface area contributed by atoms with Crippen molar-refractivity contribution >= 4 is 50.6 Å². The van der Waals surface area contributed by atoms with Crippen LogP contribution in [0.2, 0.25) is 5.02 Å². The van der Waals surface area contributed by atoms with Crippen LogP contribution in [0.1, 0.15) is 5.56 Å². The van der Waals surface area contributed by atoms with E-state index in [1.165, 1.54) is 0 Å². The molecular weight excluding hydrogens is 323 g/mol. The summed E-state index contributed by atoms with van der Waals surface area (Å²) in [6, 6.07) is 9.62. The second kappa shape index (κ2) is 5.71. The van der Waals surface area contributed by atoms with Crippen molar-refractivity contribution in [3.8, 4) is 0 Å². The molecule has 1 N–H and O–H groups in total. The molecule has 0 amide bonds. The van der Waals surface area contributed by atoms with E-state index in [2.05, 4.69) is 26.2 Å². The molecule has 0 fully saturated rings. The standard InChI is InChI=1S/C12H9BrCl2N2/c13-10-5-9(15)7-16-12(10)17-11-4-2-1-3-8(11)6-14/h1-5,7H,6H2,(H,16,17). The Hall–Kier alpha value is -0.770. The van der Waals surface area contributed by atoms with Gasteiger partial charge in [0.2, 0.25) is 0 Å². The fraction of sp³-hybridized carbons (Fsp3) is 0.0833. The summed E-state index contributed by atoms with van der Waals surface area (Å²) in [4.78, 5) is 4.22. The number of nitrogens with one attached hydrogen (secondary N) is 1. The maximum Gasteiger partial charge on any atom is 0.144 e. The molecule has 2 nitrogen and oxygen atoms in total. The molecule has 2 rings (SSSR count). The number of rotatable bonds is 3. The molecule has 0 aliphatic heterocycles.